The largest absolute Gasteiger partial charge is 0.354 e. The molecule has 0 bridgehead atoms. The first-order chi connectivity index (χ1) is 15.1. The van der Waals surface area contributed by atoms with Gasteiger partial charge in [0.2, 0.25) is 11.8 Å². The summed E-state index contributed by atoms with van der Waals surface area (Å²) >= 11 is 0. The molecule has 1 unspecified atom stereocenters. The lowest BCUT2D eigenvalue weighted by Crippen LogP contribution is -2.45. The Morgan fingerprint density at radius 3 is 2.48 bits per heavy atom. The quantitative estimate of drug-likeness (QED) is 0.775. The number of hydrogen-bond acceptors (Lipinski definition) is 5. The fourth-order valence-corrected chi connectivity index (χ4v) is 4.24. The molecule has 0 saturated carbocycles. The molecule has 1 aromatic carbocycles. The Morgan fingerprint density at radius 1 is 1.03 bits per heavy atom. The van der Waals surface area contributed by atoms with Crippen molar-refractivity contribution >= 4 is 17.6 Å². The molecule has 0 spiro atoms. The molecule has 1 aromatic heterocycles. The molecule has 2 amide bonds. The molecule has 7 nitrogen and oxygen atoms in total. The van der Waals surface area contributed by atoms with Gasteiger partial charge in [0, 0.05) is 51.9 Å². The number of pyridine rings is 1. The van der Waals surface area contributed by atoms with Gasteiger partial charge in [-0.25, -0.2) is 4.98 Å². The van der Waals surface area contributed by atoms with E-state index in [9.17, 15) is 9.59 Å². The average molecular weight is 422 g/mol. The lowest BCUT2D eigenvalue weighted by atomic mass is 10.0. The number of carbonyl (C=O) groups excluding carboxylic acids is 2. The van der Waals surface area contributed by atoms with Crippen LogP contribution in [0.2, 0.25) is 0 Å². The number of amides is 2. The summed E-state index contributed by atoms with van der Waals surface area (Å²) in [5, 5.41) is 3.03. The number of rotatable bonds is 6. The molecule has 3 heterocycles. The molecule has 2 fully saturated rings. The van der Waals surface area contributed by atoms with Gasteiger partial charge in [0.1, 0.15) is 11.9 Å². The number of likely N-dealkylation sites (N-methyl/N-ethyl adjacent to an activating group) is 1. The highest BCUT2D eigenvalue weighted by Gasteiger charge is 2.32. The van der Waals surface area contributed by atoms with Crippen LogP contribution in [0.4, 0.5) is 5.82 Å². The first kappa shape index (κ1) is 21.3. The molecule has 4 rings (SSSR count). The van der Waals surface area contributed by atoms with E-state index >= 15 is 0 Å². The van der Waals surface area contributed by atoms with Gasteiger partial charge >= 0.3 is 0 Å². The maximum Gasteiger partial charge on any atom is 0.247 e. The van der Waals surface area contributed by atoms with Gasteiger partial charge < -0.3 is 20.0 Å². The number of likely N-dealkylation sites (tertiary alicyclic amines) is 1. The fraction of sp³-hybridized carbons (Fsp3) is 0.458. The van der Waals surface area contributed by atoms with Gasteiger partial charge in [-0.2, -0.15) is 0 Å². The highest BCUT2D eigenvalue weighted by molar-refractivity contribution is 5.89. The Hall–Kier alpha value is -2.93. The molecule has 1 atom stereocenters. The van der Waals surface area contributed by atoms with Crippen molar-refractivity contribution in [2.75, 3.05) is 44.7 Å². The van der Waals surface area contributed by atoms with Crippen LogP contribution < -0.4 is 10.2 Å². The van der Waals surface area contributed by atoms with Gasteiger partial charge in [-0.1, -0.05) is 36.4 Å². The number of hydrogen-bond donors (Lipinski definition) is 1. The van der Waals surface area contributed by atoms with E-state index in [1.54, 1.807) is 4.90 Å². The summed E-state index contributed by atoms with van der Waals surface area (Å²) in [5.74, 6) is 0.877. The molecular formula is C24H31N5O2. The van der Waals surface area contributed by atoms with E-state index in [1.807, 2.05) is 48.7 Å². The average Bonchev–Trinajstić information content (AvgIpc) is 2.81. The smallest absolute Gasteiger partial charge is 0.247 e. The van der Waals surface area contributed by atoms with Crippen LogP contribution in [-0.4, -0.2) is 66.4 Å². The van der Waals surface area contributed by atoms with E-state index in [0.717, 1.165) is 56.0 Å². The van der Waals surface area contributed by atoms with Gasteiger partial charge in [0.05, 0.1) is 0 Å². The van der Waals surface area contributed by atoms with Crippen molar-refractivity contribution < 1.29 is 9.59 Å². The maximum absolute atomic E-state index is 13.2. The second-order valence-electron chi connectivity index (χ2n) is 8.39. The molecular weight excluding hydrogens is 390 g/mol. The molecule has 31 heavy (non-hydrogen) atoms. The summed E-state index contributed by atoms with van der Waals surface area (Å²) in [7, 11) is 2.14. The van der Waals surface area contributed by atoms with Crippen LogP contribution in [0.1, 0.15) is 36.4 Å². The Morgan fingerprint density at radius 2 is 1.81 bits per heavy atom. The number of nitrogens with one attached hydrogen (secondary N) is 1. The number of carbonyl (C=O) groups is 2. The van der Waals surface area contributed by atoms with E-state index in [-0.39, 0.29) is 11.8 Å². The number of aromatic nitrogens is 1. The minimum Gasteiger partial charge on any atom is -0.354 e. The van der Waals surface area contributed by atoms with Crippen molar-refractivity contribution in [2.24, 2.45) is 0 Å². The topological polar surface area (TPSA) is 68.8 Å². The van der Waals surface area contributed by atoms with Gasteiger partial charge in [-0.15, -0.1) is 0 Å². The van der Waals surface area contributed by atoms with Crippen molar-refractivity contribution in [3.8, 4) is 0 Å². The molecule has 1 N–H and O–H groups in total. The summed E-state index contributed by atoms with van der Waals surface area (Å²) < 4.78 is 0. The molecule has 0 radical (unpaired) electrons. The SMILES string of the molecule is CN1CCN(c2ccc(CNC(=O)C(c3ccccc3)N3CCCCC3=O)cn2)CC1. The zero-order valence-electron chi connectivity index (χ0n) is 18.2. The number of piperidine rings is 1. The van der Waals surface area contributed by atoms with Crippen molar-refractivity contribution in [1.82, 2.24) is 20.1 Å². The van der Waals surface area contributed by atoms with Crippen molar-refractivity contribution in [3.63, 3.8) is 0 Å². The predicted octanol–water partition coefficient (Wildman–Crippen LogP) is 2.20. The minimum absolute atomic E-state index is 0.0495. The zero-order valence-corrected chi connectivity index (χ0v) is 18.2. The van der Waals surface area contributed by atoms with Crippen LogP contribution in [0.5, 0.6) is 0 Å². The number of benzene rings is 1. The van der Waals surface area contributed by atoms with Crippen LogP contribution in [0.3, 0.4) is 0 Å². The molecule has 2 aliphatic rings. The Balaban J connectivity index is 1.41. The third-order valence-electron chi connectivity index (χ3n) is 6.14. The van der Waals surface area contributed by atoms with Gasteiger partial charge in [0.15, 0.2) is 0 Å². The lowest BCUT2D eigenvalue weighted by molar-refractivity contribution is -0.142. The zero-order chi connectivity index (χ0) is 21.6. The van der Waals surface area contributed by atoms with E-state index in [4.69, 9.17) is 0 Å². The first-order valence-electron chi connectivity index (χ1n) is 11.1. The van der Waals surface area contributed by atoms with Crippen molar-refractivity contribution in [1.29, 1.82) is 0 Å². The normalized spacial score (nSPS) is 18.7. The van der Waals surface area contributed by atoms with Crippen molar-refractivity contribution in [2.45, 2.75) is 31.8 Å². The molecule has 2 aliphatic heterocycles. The van der Waals surface area contributed by atoms with E-state index in [2.05, 4.69) is 27.1 Å². The second kappa shape index (κ2) is 9.92. The lowest BCUT2D eigenvalue weighted by Gasteiger charge is -2.34. The number of piperazine rings is 1. The second-order valence-corrected chi connectivity index (χ2v) is 8.39. The van der Waals surface area contributed by atoms with Gasteiger partial charge in [0.25, 0.3) is 0 Å². The fourth-order valence-electron chi connectivity index (χ4n) is 4.24. The van der Waals surface area contributed by atoms with E-state index < -0.39 is 6.04 Å². The monoisotopic (exact) mass is 421 g/mol. The van der Waals surface area contributed by atoms with Gasteiger partial charge in [-0.3, -0.25) is 9.59 Å². The minimum atomic E-state index is -0.591. The molecule has 2 aromatic rings. The first-order valence-corrected chi connectivity index (χ1v) is 11.1. The van der Waals surface area contributed by atoms with Crippen LogP contribution in [-0.2, 0) is 16.1 Å². The highest BCUT2D eigenvalue weighted by atomic mass is 16.2. The molecule has 164 valence electrons. The third-order valence-corrected chi connectivity index (χ3v) is 6.14. The predicted molar refractivity (Wildman–Crippen MR) is 121 cm³/mol. The summed E-state index contributed by atoms with van der Waals surface area (Å²) in [6.45, 7) is 5.03. The van der Waals surface area contributed by atoms with Gasteiger partial charge in [-0.05, 0) is 37.1 Å². The Kier molecular flexibility index (Phi) is 6.82. The van der Waals surface area contributed by atoms with Crippen LogP contribution in [0.15, 0.2) is 48.7 Å². The Bertz CT molecular complexity index is 879. The van der Waals surface area contributed by atoms with Crippen LogP contribution in [0.25, 0.3) is 0 Å². The maximum atomic E-state index is 13.2. The highest BCUT2D eigenvalue weighted by Crippen LogP contribution is 2.26. The summed E-state index contributed by atoms with van der Waals surface area (Å²) in [6.07, 6.45) is 4.16. The molecule has 2 saturated heterocycles. The summed E-state index contributed by atoms with van der Waals surface area (Å²) in [6, 6.07) is 13.0. The third kappa shape index (κ3) is 5.22. The number of anilines is 1. The van der Waals surface area contributed by atoms with Crippen LogP contribution in [0, 0.1) is 0 Å². The standard InChI is InChI=1S/C24H31N5O2/c1-27-13-15-28(16-14-27)21-11-10-19(17-25-21)18-26-24(31)23(20-7-3-2-4-8-20)29-12-6-5-9-22(29)30/h2-4,7-8,10-11,17,23H,5-6,9,12-16,18H2,1H3,(H,26,31). The van der Waals surface area contributed by atoms with E-state index in [0.29, 0.717) is 19.5 Å². The summed E-state index contributed by atoms with van der Waals surface area (Å²) in [4.78, 5) is 36.6. The van der Waals surface area contributed by atoms with Crippen molar-refractivity contribution in [3.05, 3.63) is 59.8 Å². The Labute approximate surface area is 184 Å². The van der Waals surface area contributed by atoms with Crippen LogP contribution >= 0.6 is 0 Å². The number of nitrogens with zero attached hydrogens (tertiary/aromatic N) is 4. The molecule has 0 aliphatic carbocycles. The summed E-state index contributed by atoms with van der Waals surface area (Å²) in [5.41, 5.74) is 1.79. The molecule has 7 heteroatoms. The van der Waals surface area contributed by atoms with E-state index in [1.165, 1.54) is 0 Å².